The van der Waals surface area contributed by atoms with Crippen molar-refractivity contribution in [2.24, 2.45) is 10.8 Å². The van der Waals surface area contributed by atoms with Gasteiger partial charge in [0.1, 0.15) is 42.3 Å². The number of amides is 1. The van der Waals surface area contributed by atoms with E-state index in [1.165, 1.54) is 13.2 Å². The molecule has 2 unspecified atom stereocenters. The number of pyridine rings is 1. The quantitative estimate of drug-likeness (QED) is 0.0786. The van der Waals surface area contributed by atoms with E-state index in [4.69, 9.17) is 33.9 Å². The Bertz CT molecular complexity index is 2550. The number of methoxy groups -OCH3 is 1. The van der Waals surface area contributed by atoms with E-state index in [0.717, 1.165) is 64.8 Å². The van der Waals surface area contributed by atoms with Gasteiger partial charge in [0.15, 0.2) is 12.6 Å². The molecule has 15 heteroatoms. The van der Waals surface area contributed by atoms with Gasteiger partial charge in [0.05, 0.1) is 29.6 Å². The standard InChI is InChI=1S/C52H69F2N7O5Si/c1-32(2)67(33(3)4,34(5)6)20-15-39-42(53)14-11-35-21-38(65-31-63-10)22-40(43(35)39)45-44(54)46-41(23-56-45)47(60-24-36-12-13-37(25-60)61(36)49(62)66-50(7,8)9)58-48(57-46)64-30-52-26-51(27-52,28-52)29-59-18-16-55-17-19-59/h11,14,21-23,32-34,36-37,55H,12-13,16-19,24-31H2,1-10H3. The number of carbonyl (C=O) groups is 1. The van der Waals surface area contributed by atoms with Crippen LogP contribution in [0.1, 0.15) is 100.0 Å². The maximum Gasteiger partial charge on any atom is 0.410 e. The van der Waals surface area contributed by atoms with E-state index in [9.17, 15) is 4.79 Å². The Balaban J connectivity index is 1.13. The number of hydrogen-bond acceptors (Lipinski definition) is 11. The zero-order valence-electron chi connectivity index (χ0n) is 41.2. The number of benzene rings is 2. The third-order valence-electron chi connectivity index (χ3n) is 15.5. The molecule has 3 aliphatic carbocycles. The van der Waals surface area contributed by atoms with E-state index in [0.29, 0.717) is 75.0 Å². The number of fused-ring (bicyclic) bond motifs is 4. The molecule has 6 aliphatic rings. The van der Waals surface area contributed by atoms with Gasteiger partial charge in [0.25, 0.3) is 0 Å². The SMILES string of the molecule is COCOc1cc(-c2ncc3c(N4CC5CCC(C4)N5C(=O)OC(C)(C)C)nc(OCC45CC(CN6CCNCC6)(C4)C5)nc3c2F)c2c(C#C[Si](C(C)C)(C(C)C)C(C)C)c(F)ccc2c1. The number of piperazine rings is 2. The Morgan fingerprint density at radius 3 is 2.24 bits per heavy atom. The summed E-state index contributed by atoms with van der Waals surface area (Å²) in [6.07, 6.45) is 6.19. The summed E-state index contributed by atoms with van der Waals surface area (Å²) in [7, 11) is -0.778. The molecule has 67 heavy (non-hydrogen) atoms. The number of nitrogens with one attached hydrogen (secondary N) is 1. The second-order valence-corrected chi connectivity index (χ2v) is 27.8. The number of ether oxygens (including phenoxy) is 4. The van der Waals surface area contributed by atoms with Crippen LogP contribution in [-0.4, -0.2) is 123 Å². The molecule has 4 bridgehead atoms. The summed E-state index contributed by atoms with van der Waals surface area (Å²) < 4.78 is 58.0. The van der Waals surface area contributed by atoms with Crippen LogP contribution in [0.15, 0.2) is 30.5 Å². The first kappa shape index (κ1) is 47.4. The van der Waals surface area contributed by atoms with Gasteiger partial charge in [-0.25, -0.2) is 13.6 Å². The number of carbonyl (C=O) groups excluding carboxylic acids is 1. The van der Waals surface area contributed by atoms with Gasteiger partial charge in [-0.2, -0.15) is 9.97 Å². The second-order valence-electron chi connectivity index (χ2n) is 22.2. The molecule has 1 N–H and O–H groups in total. The number of hydrogen-bond donors (Lipinski definition) is 1. The summed E-state index contributed by atoms with van der Waals surface area (Å²) in [4.78, 5) is 34.8. The molecule has 2 atom stereocenters. The highest BCUT2D eigenvalue weighted by Gasteiger charge is 2.68. The molecule has 4 aromatic rings. The minimum Gasteiger partial charge on any atom is -0.468 e. The van der Waals surface area contributed by atoms with Gasteiger partial charge < -0.3 is 34.1 Å². The zero-order valence-corrected chi connectivity index (χ0v) is 42.2. The van der Waals surface area contributed by atoms with E-state index in [2.05, 4.69) is 68.1 Å². The van der Waals surface area contributed by atoms with E-state index >= 15 is 8.78 Å². The number of nitrogens with zero attached hydrogens (tertiary/aromatic N) is 6. The van der Waals surface area contributed by atoms with Crippen LogP contribution in [0, 0.1) is 33.9 Å². The maximum atomic E-state index is 17.9. The number of halogens is 2. The van der Waals surface area contributed by atoms with Crippen LogP contribution in [0.3, 0.4) is 0 Å². The predicted molar refractivity (Wildman–Crippen MR) is 261 cm³/mol. The van der Waals surface area contributed by atoms with Crippen molar-refractivity contribution < 1.29 is 32.5 Å². The van der Waals surface area contributed by atoms with Crippen molar-refractivity contribution in [2.45, 2.75) is 129 Å². The van der Waals surface area contributed by atoms with Gasteiger partial charge in [-0.3, -0.25) is 9.88 Å². The summed E-state index contributed by atoms with van der Waals surface area (Å²) in [5.74, 6) is 3.10. The first-order chi connectivity index (χ1) is 31.8. The fourth-order valence-electron chi connectivity index (χ4n) is 12.9. The van der Waals surface area contributed by atoms with E-state index in [1.54, 1.807) is 24.4 Å². The highest BCUT2D eigenvalue weighted by atomic mass is 28.3. The topological polar surface area (TPSA) is 114 Å². The van der Waals surface area contributed by atoms with E-state index in [1.807, 2.05) is 25.7 Å². The lowest BCUT2D eigenvalue weighted by Gasteiger charge is -2.71. The van der Waals surface area contributed by atoms with E-state index in [-0.39, 0.29) is 53.2 Å². The van der Waals surface area contributed by atoms with Crippen LogP contribution in [0.25, 0.3) is 32.9 Å². The average molecular weight is 938 g/mol. The molecule has 1 amide bonds. The van der Waals surface area contributed by atoms with Crippen LogP contribution in [0.2, 0.25) is 16.6 Å². The maximum absolute atomic E-state index is 17.9. The van der Waals surface area contributed by atoms with Crippen molar-refractivity contribution in [3.63, 3.8) is 0 Å². The van der Waals surface area contributed by atoms with Crippen molar-refractivity contribution >= 4 is 41.7 Å². The van der Waals surface area contributed by atoms with Crippen molar-refractivity contribution in [2.75, 3.05) is 71.2 Å². The van der Waals surface area contributed by atoms with Crippen molar-refractivity contribution in [1.82, 2.24) is 30.1 Å². The molecule has 3 saturated heterocycles. The second kappa shape index (κ2) is 18.0. The lowest BCUT2D eigenvalue weighted by molar-refractivity contribution is -0.228. The average Bonchev–Trinajstić information content (AvgIpc) is 3.52. The largest absolute Gasteiger partial charge is 0.468 e. The molecule has 0 radical (unpaired) electrons. The molecule has 5 heterocycles. The highest BCUT2D eigenvalue weighted by Crippen LogP contribution is 2.73. The zero-order chi connectivity index (χ0) is 47.6. The molecule has 12 nitrogen and oxygen atoms in total. The van der Waals surface area contributed by atoms with Gasteiger partial charge in [0.2, 0.25) is 0 Å². The Morgan fingerprint density at radius 2 is 1.61 bits per heavy atom. The van der Waals surface area contributed by atoms with Crippen molar-refractivity contribution in [3.8, 4) is 34.5 Å². The molecule has 6 fully saturated rings. The Hall–Kier alpha value is -4.62. The molecule has 0 spiro atoms. The van der Waals surface area contributed by atoms with Crippen LogP contribution >= 0.6 is 0 Å². The fourth-order valence-corrected chi connectivity index (χ4v) is 18.1. The molecule has 2 aromatic carbocycles. The smallest absolute Gasteiger partial charge is 0.410 e. The Labute approximate surface area is 395 Å². The van der Waals surface area contributed by atoms with Gasteiger partial charge in [-0.05, 0) is 98.5 Å². The monoisotopic (exact) mass is 938 g/mol. The summed E-state index contributed by atoms with van der Waals surface area (Å²) in [6, 6.07) is 6.44. The lowest BCUT2D eigenvalue weighted by Crippen LogP contribution is -2.68. The molecule has 3 saturated carbocycles. The highest BCUT2D eigenvalue weighted by molar-refractivity contribution is 6.90. The van der Waals surface area contributed by atoms with Crippen molar-refractivity contribution in [3.05, 3.63) is 47.7 Å². The minimum absolute atomic E-state index is 0.0196. The third-order valence-corrected chi connectivity index (χ3v) is 21.8. The minimum atomic E-state index is -2.31. The Morgan fingerprint density at radius 1 is 0.940 bits per heavy atom. The fraction of sp³-hybridized carbons (Fsp3) is 0.615. The van der Waals surface area contributed by atoms with Crippen LogP contribution < -0.4 is 19.7 Å². The molecule has 10 rings (SSSR count). The predicted octanol–water partition coefficient (Wildman–Crippen LogP) is 9.72. The first-order valence-corrected chi connectivity index (χ1v) is 26.7. The van der Waals surface area contributed by atoms with Crippen molar-refractivity contribution in [1.29, 1.82) is 0 Å². The molecular formula is C52H69F2N7O5Si. The molecule has 3 aliphatic heterocycles. The van der Waals surface area contributed by atoms with Gasteiger partial charge in [0, 0.05) is 75.5 Å². The van der Waals surface area contributed by atoms with Crippen LogP contribution in [0.5, 0.6) is 11.8 Å². The summed E-state index contributed by atoms with van der Waals surface area (Å²) in [5.41, 5.74) is 4.98. The summed E-state index contributed by atoms with van der Waals surface area (Å²) in [5, 5.41) is 4.95. The van der Waals surface area contributed by atoms with Gasteiger partial charge >= 0.3 is 12.1 Å². The first-order valence-electron chi connectivity index (χ1n) is 24.4. The summed E-state index contributed by atoms with van der Waals surface area (Å²) in [6.45, 7) is 25.6. The molecule has 360 valence electrons. The third kappa shape index (κ3) is 8.85. The van der Waals surface area contributed by atoms with E-state index < -0.39 is 25.3 Å². The van der Waals surface area contributed by atoms with Crippen LogP contribution in [-0.2, 0) is 9.47 Å². The molecule has 2 aromatic heterocycles. The molecular weight excluding hydrogens is 869 g/mol. The Kier molecular flexibility index (Phi) is 12.8. The number of aromatic nitrogens is 3. The van der Waals surface area contributed by atoms with Crippen LogP contribution in [0.4, 0.5) is 19.4 Å². The summed E-state index contributed by atoms with van der Waals surface area (Å²) >= 11 is 0. The van der Waals surface area contributed by atoms with Gasteiger partial charge in [-0.1, -0.05) is 53.5 Å². The number of anilines is 1. The van der Waals surface area contributed by atoms with Gasteiger partial charge in [-0.15, -0.1) is 5.54 Å². The normalized spacial score (nSPS) is 24.0. The number of rotatable bonds is 13. The lowest BCUT2D eigenvalue weighted by atomic mass is 9.35.